The Morgan fingerprint density at radius 2 is 1.68 bits per heavy atom. The van der Waals surface area contributed by atoms with Gasteiger partial charge < -0.3 is 26.7 Å². The molecule has 0 amide bonds. The molecule has 7 N–H and O–H groups in total. The first-order valence-corrected chi connectivity index (χ1v) is 7.51. The first-order chi connectivity index (χ1) is 11.9. The van der Waals surface area contributed by atoms with Crippen LogP contribution in [0.4, 0.5) is 5.69 Å². The van der Waals surface area contributed by atoms with Crippen molar-refractivity contribution in [2.45, 2.75) is 12.5 Å². The standard InChI is InChI=1S/C11H12N2O2.C7H7NO2/c12-9(11(14)15)5-7-6-13-10-4-2-1-3-8(7)10;8-6-4-2-1-3-5(6)7(9)10/h1-4,6,9,13H,5,12H2,(H,14,15);1-4H,8H2,(H,9,10). The van der Waals surface area contributed by atoms with E-state index in [1.807, 2.05) is 30.5 Å². The molecule has 0 spiro atoms. The minimum absolute atomic E-state index is 0.155. The molecule has 0 bridgehead atoms. The van der Waals surface area contributed by atoms with Gasteiger partial charge in [-0.3, -0.25) is 4.79 Å². The van der Waals surface area contributed by atoms with E-state index in [4.69, 9.17) is 21.7 Å². The predicted octanol–water partition coefficient (Wildman–Crippen LogP) is 2.09. The summed E-state index contributed by atoms with van der Waals surface area (Å²) < 4.78 is 0. The molecule has 25 heavy (non-hydrogen) atoms. The summed E-state index contributed by atoms with van der Waals surface area (Å²) in [6.45, 7) is 0. The zero-order valence-electron chi connectivity index (χ0n) is 13.3. The summed E-state index contributed by atoms with van der Waals surface area (Å²) in [5.74, 6) is -1.96. The number of aromatic nitrogens is 1. The van der Waals surface area contributed by atoms with Crippen LogP contribution in [0.2, 0.25) is 0 Å². The second-order valence-corrected chi connectivity index (χ2v) is 5.40. The Kier molecular flexibility index (Phi) is 5.75. The number of carboxylic acids is 2. The molecular weight excluding hydrogens is 322 g/mol. The molecule has 0 fully saturated rings. The number of aromatic amines is 1. The number of nitrogens with two attached hydrogens (primary N) is 2. The Labute approximate surface area is 143 Å². The molecular formula is C18H19N3O4. The van der Waals surface area contributed by atoms with Crippen LogP contribution in [0.5, 0.6) is 0 Å². The third-order valence-electron chi connectivity index (χ3n) is 3.62. The number of benzene rings is 2. The molecule has 0 aliphatic carbocycles. The highest BCUT2D eigenvalue weighted by molar-refractivity contribution is 5.93. The van der Waals surface area contributed by atoms with Crippen molar-refractivity contribution in [1.29, 1.82) is 0 Å². The lowest BCUT2D eigenvalue weighted by Crippen LogP contribution is -2.32. The average molecular weight is 341 g/mol. The lowest BCUT2D eigenvalue weighted by atomic mass is 10.1. The van der Waals surface area contributed by atoms with Gasteiger partial charge in [-0.1, -0.05) is 30.3 Å². The molecule has 7 nitrogen and oxygen atoms in total. The number of nitrogens with one attached hydrogen (secondary N) is 1. The summed E-state index contributed by atoms with van der Waals surface area (Å²) in [6.07, 6.45) is 2.16. The van der Waals surface area contributed by atoms with Crippen LogP contribution in [0, 0.1) is 0 Å². The average Bonchev–Trinajstić information content (AvgIpc) is 2.99. The van der Waals surface area contributed by atoms with Crippen molar-refractivity contribution in [1.82, 2.24) is 4.98 Å². The van der Waals surface area contributed by atoms with E-state index in [0.717, 1.165) is 16.5 Å². The highest BCUT2D eigenvalue weighted by Crippen LogP contribution is 2.18. The number of anilines is 1. The number of carboxylic acid groups (broad SMARTS) is 2. The van der Waals surface area contributed by atoms with Gasteiger partial charge in [0, 0.05) is 29.2 Å². The molecule has 1 unspecified atom stereocenters. The van der Waals surface area contributed by atoms with E-state index < -0.39 is 18.0 Å². The molecule has 2 aromatic carbocycles. The van der Waals surface area contributed by atoms with E-state index in [0.29, 0.717) is 12.1 Å². The number of hydrogen-bond acceptors (Lipinski definition) is 4. The maximum atomic E-state index is 10.6. The van der Waals surface area contributed by atoms with Gasteiger partial charge in [-0.2, -0.15) is 0 Å². The lowest BCUT2D eigenvalue weighted by molar-refractivity contribution is -0.138. The molecule has 0 saturated carbocycles. The van der Waals surface area contributed by atoms with Crippen LogP contribution in [-0.4, -0.2) is 33.2 Å². The first-order valence-electron chi connectivity index (χ1n) is 7.51. The molecule has 0 aliphatic heterocycles. The van der Waals surface area contributed by atoms with Crippen LogP contribution in [-0.2, 0) is 11.2 Å². The van der Waals surface area contributed by atoms with Gasteiger partial charge in [0.2, 0.25) is 0 Å². The van der Waals surface area contributed by atoms with E-state index in [9.17, 15) is 9.59 Å². The molecule has 3 aromatic rings. The van der Waals surface area contributed by atoms with Gasteiger partial charge in [0.25, 0.3) is 0 Å². The summed E-state index contributed by atoms with van der Waals surface area (Å²) in [4.78, 5) is 24.1. The molecule has 0 radical (unpaired) electrons. The van der Waals surface area contributed by atoms with Crippen LogP contribution >= 0.6 is 0 Å². The molecule has 130 valence electrons. The van der Waals surface area contributed by atoms with Crippen molar-refractivity contribution < 1.29 is 19.8 Å². The lowest BCUT2D eigenvalue weighted by Gasteiger charge is -2.04. The number of fused-ring (bicyclic) bond motifs is 1. The normalized spacial score (nSPS) is 11.4. The van der Waals surface area contributed by atoms with Gasteiger partial charge in [0.15, 0.2) is 0 Å². The van der Waals surface area contributed by atoms with Crippen LogP contribution in [0.1, 0.15) is 15.9 Å². The van der Waals surface area contributed by atoms with Gasteiger partial charge in [-0.05, 0) is 23.8 Å². The molecule has 1 atom stereocenters. The van der Waals surface area contributed by atoms with Gasteiger partial charge in [0.1, 0.15) is 6.04 Å². The number of H-pyrrole nitrogens is 1. The number of para-hydroxylation sites is 2. The van der Waals surface area contributed by atoms with Crippen molar-refractivity contribution in [3.63, 3.8) is 0 Å². The largest absolute Gasteiger partial charge is 0.480 e. The maximum Gasteiger partial charge on any atom is 0.337 e. The Morgan fingerprint density at radius 1 is 1.04 bits per heavy atom. The van der Waals surface area contributed by atoms with Crippen molar-refractivity contribution in [2.24, 2.45) is 5.73 Å². The van der Waals surface area contributed by atoms with Gasteiger partial charge in [-0.25, -0.2) is 4.79 Å². The zero-order valence-corrected chi connectivity index (χ0v) is 13.3. The highest BCUT2D eigenvalue weighted by atomic mass is 16.4. The Balaban J connectivity index is 0.000000196. The van der Waals surface area contributed by atoms with E-state index >= 15 is 0 Å². The number of hydrogen-bond donors (Lipinski definition) is 5. The number of aliphatic carboxylic acids is 1. The number of nitrogen functional groups attached to an aromatic ring is 1. The van der Waals surface area contributed by atoms with Crippen LogP contribution < -0.4 is 11.5 Å². The van der Waals surface area contributed by atoms with Crippen molar-refractivity contribution in [3.8, 4) is 0 Å². The quantitative estimate of drug-likeness (QED) is 0.460. The minimum atomic E-state index is -0.988. The molecule has 1 heterocycles. The summed E-state index contributed by atoms with van der Waals surface area (Å²) >= 11 is 0. The molecule has 7 heteroatoms. The molecule has 3 rings (SSSR count). The number of aromatic carboxylic acids is 1. The van der Waals surface area contributed by atoms with Gasteiger partial charge in [0.05, 0.1) is 5.56 Å². The van der Waals surface area contributed by atoms with Crippen molar-refractivity contribution in [3.05, 3.63) is 65.9 Å². The minimum Gasteiger partial charge on any atom is -0.480 e. The molecule has 0 aliphatic rings. The monoisotopic (exact) mass is 341 g/mol. The second-order valence-electron chi connectivity index (χ2n) is 5.40. The van der Waals surface area contributed by atoms with E-state index in [1.165, 1.54) is 6.07 Å². The molecule has 1 aromatic heterocycles. The zero-order chi connectivity index (χ0) is 18.4. The van der Waals surface area contributed by atoms with Gasteiger partial charge >= 0.3 is 11.9 Å². The predicted molar refractivity (Wildman–Crippen MR) is 95.4 cm³/mol. The summed E-state index contributed by atoms with van der Waals surface area (Å²) in [7, 11) is 0. The number of carbonyl (C=O) groups is 2. The summed E-state index contributed by atoms with van der Waals surface area (Å²) in [6, 6.07) is 13.3. The van der Waals surface area contributed by atoms with E-state index in [2.05, 4.69) is 4.98 Å². The fraction of sp³-hybridized carbons (Fsp3) is 0.111. The van der Waals surface area contributed by atoms with Crippen LogP contribution in [0.15, 0.2) is 54.7 Å². The third-order valence-corrected chi connectivity index (χ3v) is 3.62. The first kappa shape index (κ1) is 18.0. The SMILES string of the molecule is NC(Cc1c[nH]c2ccccc12)C(=O)O.Nc1ccccc1C(=O)O. The van der Waals surface area contributed by atoms with Crippen LogP contribution in [0.25, 0.3) is 10.9 Å². The fourth-order valence-electron chi connectivity index (χ4n) is 2.32. The van der Waals surface area contributed by atoms with Gasteiger partial charge in [-0.15, -0.1) is 0 Å². The Hall–Kier alpha value is -3.32. The van der Waals surface area contributed by atoms with Crippen molar-refractivity contribution >= 4 is 28.5 Å². The second kappa shape index (κ2) is 7.98. The van der Waals surface area contributed by atoms with E-state index in [-0.39, 0.29) is 5.56 Å². The maximum absolute atomic E-state index is 10.6. The van der Waals surface area contributed by atoms with Crippen LogP contribution in [0.3, 0.4) is 0 Å². The molecule has 0 saturated heterocycles. The Morgan fingerprint density at radius 3 is 2.28 bits per heavy atom. The number of rotatable bonds is 4. The summed E-state index contributed by atoms with van der Waals surface area (Å²) in [5.41, 5.74) is 13.2. The highest BCUT2D eigenvalue weighted by Gasteiger charge is 2.14. The smallest absolute Gasteiger partial charge is 0.337 e. The topological polar surface area (TPSA) is 142 Å². The van der Waals surface area contributed by atoms with Crippen molar-refractivity contribution in [2.75, 3.05) is 5.73 Å². The fourth-order valence-corrected chi connectivity index (χ4v) is 2.32. The third kappa shape index (κ3) is 4.58. The Bertz CT molecular complexity index is 889. The summed E-state index contributed by atoms with van der Waals surface area (Å²) in [5, 5.41) is 18.2. The van der Waals surface area contributed by atoms with E-state index in [1.54, 1.807) is 18.2 Å².